The number of rotatable bonds is 4. The highest BCUT2D eigenvalue weighted by Crippen LogP contribution is 2.21. The Morgan fingerprint density at radius 1 is 1.09 bits per heavy atom. The Kier molecular flexibility index (Phi) is 7.15. The molecule has 1 aromatic heterocycles. The monoisotopic (exact) mass is 479 g/mol. The summed E-state index contributed by atoms with van der Waals surface area (Å²) in [4.78, 5) is 43.4. The standard InChI is InChI=1S/C24H22ClN5O4/c1-15-6-7-16-13-17(21(25)27-20(16)12-15)14-26-29-23(32)22(31)28-19-5-3-2-4-18(19)24(33)30-8-10-34-11-9-30/h2-7,12-14H,8-11H2,1H3,(H,28,31)(H,29,32). The van der Waals surface area contributed by atoms with Crippen molar-refractivity contribution >= 4 is 52.1 Å². The summed E-state index contributed by atoms with van der Waals surface area (Å²) in [6, 6.07) is 14.1. The first-order chi connectivity index (χ1) is 16.4. The first kappa shape index (κ1) is 23.3. The molecule has 0 spiro atoms. The topological polar surface area (TPSA) is 113 Å². The fourth-order valence-corrected chi connectivity index (χ4v) is 3.66. The average molecular weight is 480 g/mol. The first-order valence-electron chi connectivity index (χ1n) is 10.6. The lowest BCUT2D eigenvalue weighted by Crippen LogP contribution is -2.41. The molecule has 3 amide bonds. The van der Waals surface area contributed by atoms with Gasteiger partial charge in [0, 0.05) is 24.0 Å². The molecule has 4 rings (SSSR count). The van der Waals surface area contributed by atoms with E-state index in [-0.39, 0.29) is 16.7 Å². The lowest BCUT2D eigenvalue weighted by atomic mass is 10.1. The number of nitrogens with zero attached hydrogens (tertiary/aromatic N) is 3. The van der Waals surface area contributed by atoms with Gasteiger partial charge in [0.1, 0.15) is 5.15 Å². The summed E-state index contributed by atoms with van der Waals surface area (Å²) in [7, 11) is 0. The fourth-order valence-electron chi connectivity index (χ4n) is 3.47. The molecule has 34 heavy (non-hydrogen) atoms. The SMILES string of the molecule is Cc1ccc2cc(C=NNC(=O)C(=O)Nc3ccccc3C(=O)N3CCOCC3)c(Cl)nc2c1. The van der Waals surface area contributed by atoms with Gasteiger partial charge >= 0.3 is 11.8 Å². The number of benzene rings is 2. The Morgan fingerprint density at radius 3 is 2.65 bits per heavy atom. The fraction of sp³-hybridized carbons (Fsp3) is 0.208. The Hall–Kier alpha value is -3.82. The van der Waals surface area contributed by atoms with Gasteiger partial charge in [0.15, 0.2) is 0 Å². The maximum absolute atomic E-state index is 12.8. The number of halogens is 1. The summed E-state index contributed by atoms with van der Waals surface area (Å²) in [6.45, 7) is 3.79. The lowest BCUT2D eigenvalue weighted by Gasteiger charge is -2.27. The van der Waals surface area contributed by atoms with E-state index >= 15 is 0 Å². The highest BCUT2D eigenvalue weighted by Gasteiger charge is 2.23. The van der Waals surface area contributed by atoms with Crippen molar-refractivity contribution in [3.05, 3.63) is 70.4 Å². The number of ether oxygens (including phenoxy) is 1. The highest BCUT2D eigenvalue weighted by molar-refractivity contribution is 6.40. The molecule has 3 aromatic rings. The van der Waals surface area contributed by atoms with Gasteiger partial charge in [0.25, 0.3) is 5.91 Å². The number of morpholine rings is 1. The van der Waals surface area contributed by atoms with Crippen LogP contribution in [0.15, 0.2) is 53.6 Å². The summed E-state index contributed by atoms with van der Waals surface area (Å²) >= 11 is 6.21. The summed E-state index contributed by atoms with van der Waals surface area (Å²) in [6.07, 6.45) is 1.32. The van der Waals surface area contributed by atoms with Crippen molar-refractivity contribution in [3.8, 4) is 0 Å². The molecule has 1 aliphatic rings. The number of carbonyl (C=O) groups excluding carboxylic acids is 3. The van der Waals surface area contributed by atoms with Gasteiger partial charge in [-0.3, -0.25) is 14.4 Å². The molecule has 1 fully saturated rings. The molecule has 0 atom stereocenters. The number of hydrogen-bond donors (Lipinski definition) is 2. The van der Waals surface area contributed by atoms with Crippen LogP contribution >= 0.6 is 11.6 Å². The number of hydrogen-bond acceptors (Lipinski definition) is 6. The number of nitrogens with one attached hydrogen (secondary N) is 2. The van der Waals surface area contributed by atoms with Crippen LogP contribution in [0.4, 0.5) is 5.69 Å². The van der Waals surface area contributed by atoms with Crippen molar-refractivity contribution in [1.29, 1.82) is 0 Å². The van der Waals surface area contributed by atoms with E-state index in [2.05, 4.69) is 20.8 Å². The van der Waals surface area contributed by atoms with Gasteiger partial charge < -0.3 is 15.0 Å². The minimum absolute atomic E-state index is 0.219. The Morgan fingerprint density at radius 2 is 1.85 bits per heavy atom. The zero-order valence-electron chi connectivity index (χ0n) is 18.4. The van der Waals surface area contributed by atoms with Crippen LogP contribution in [0.3, 0.4) is 0 Å². The molecule has 9 nitrogen and oxygen atoms in total. The van der Waals surface area contributed by atoms with Crippen molar-refractivity contribution in [2.75, 3.05) is 31.6 Å². The normalized spacial score (nSPS) is 13.8. The number of aryl methyl sites for hydroxylation is 1. The van der Waals surface area contributed by atoms with Crippen LogP contribution in [0.1, 0.15) is 21.5 Å². The summed E-state index contributed by atoms with van der Waals surface area (Å²) in [5.74, 6) is -2.20. The number of fused-ring (bicyclic) bond motifs is 1. The zero-order valence-corrected chi connectivity index (χ0v) is 19.1. The number of carbonyl (C=O) groups is 3. The zero-order chi connectivity index (χ0) is 24.1. The minimum Gasteiger partial charge on any atom is -0.378 e. The molecule has 2 heterocycles. The first-order valence-corrected chi connectivity index (χ1v) is 11.0. The molecular weight excluding hydrogens is 458 g/mol. The largest absolute Gasteiger partial charge is 0.378 e. The molecule has 10 heteroatoms. The molecular formula is C24H22ClN5O4. The maximum atomic E-state index is 12.8. The number of amides is 3. The number of aromatic nitrogens is 1. The number of hydrazone groups is 1. The van der Waals surface area contributed by atoms with Crippen molar-refractivity contribution in [2.24, 2.45) is 5.10 Å². The second kappa shape index (κ2) is 10.4. The number of anilines is 1. The molecule has 0 radical (unpaired) electrons. The minimum atomic E-state index is -0.995. The van der Waals surface area contributed by atoms with Crippen LogP contribution in [0, 0.1) is 6.92 Å². The van der Waals surface area contributed by atoms with Gasteiger partial charge in [-0.15, -0.1) is 0 Å². The Balaban J connectivity index is 1.41. The second-order valence-corrected chi connectivity index (χ2v) is 8.03. The van der Waals surface area contributed by atoms with Gasteiger partial charge in [-0.1, -0.05) is 35.9 Å². The molecule has 0 unspecified atom stereocenters. The van der Waals surface area contributed by atoms with Crippen LogP contribution < -0.4 is 10.7 Å². The van der Waals surface area contributed by atoms with E-state index in [1.54, 1.807) is 35.2 Å². The van der Waals surface area contributed by atoms with Gasteiger partial charge in [-0.05, 0) is 36.8 Å². The van der Waals surface area contributed by atoms with Crippen LogP contribution in [0.5, 0.6) is 0 Å². The molecule has 0 aliphatic carbocycles. The third-order valence-electron chi connectivity index (χ3n) is 5.23. The van der Waals surface area contributed by atoms with Gasteiger partial charge in [0.05, 0.1) is 36.2 Å². The molecule has 0 saturated carbocycles. The molecule has 174 valence electrons. The van der Waals surface area contributed by atoms with E-state index in [0.717, 1.165) is 16.5 Å². The smallest absolute Gasteiger partial charge is 0.329 e. The van der Waals surface area contributed by atoms with Gasteiger partial charge in [0.2, 0.25) is 0 Å². The van der Waals surface area contributed by atoms with Crippen LogP contribution in [-0.4, -0.2) is 60.1 Å². The highest BCUT2D eigenvalue weighted by atomic mass is 35.5. The third-order valence-corrected chi connectivity index (χ3v) is 5.54. The van der Waals surface area contributed by atoms with E-state index in [1.807, 2.05) is 25.1 Å². The third kappa shape index (κ3) is 5.38. The molecule has 1 aliphatic heterocycles. The lowest BCUT2D eigenvalue weighted by molar-refractivity contribution is -0.136. The van der Waals surface area contributed by atoms with E-state index in [4.69, 9.17) is 16.3 Å². The molecule has 1 saturated heterocycles. The second-order valence-electron chi connectivity index (χ2n) is 7.67. The van der Waals surface area contributed by atoms with Crippen LogP contribution in [0.25, 0.3) is 10.9 Å². The quantitative estimate of drug-likeness (QED) is 0.258. The molecule has 2 N–H and O–H groups in total. The summed E-state index contributed by atoms with van der Waals surface area (Å²) < 4.78 is 5.27. The van der Waals surface area contributed by atoms with Gasteiger partial charge in [-0.25, -0.2) is 10.4 Å². The predicted octanol–water partition coefficient (Wildman–Crippen LogP) is 2.76. The van der Waals surface area contributed by atoms with E-state index < -0.39 is 11.8 Å². The van der Waals surface area contributed by atoms with E-state index in [9.17, 15) is 14.4 Å². The van der Waals surface area contributed by atoms with Crippen LogP contribution in [-0.2, 0) is 14.3 Å². The van der Waals surface area contributed by atoms with Crippen molar-refractivity contribution in [3.63, 3.8) is 0 Å². The van der Waals surface area contributed by atoms with Crippen LogP contribution in [0.2, 0.25) is 5.15 Å². The maximum Gasteiger partial charge on any atom is 0.329 e. The van der Waals surface area contributed by atoms with Crippen molar-refractivity contribution in [1.82, 2.24) is 15.3 Å². The number of para-hydroxylation sites is 1. The summed E-state index contributed by atoms with van der Waals surface area (Å²) in [5.41, 5.74) is 4.99. The molecule has 2 aromatic carbocycles. The van der Waals surface area contributed by atoms with E-state index in [1.165, 1.54) is 6.21 Å². The summed E-state index contributed by atoms with van der Waals surface area (Å²) in [5, 5.41) is 7.38. The Labute approximate surface area is 200 Å². The average Bonchev–Trinajstić information content (AvgIpc) is 2.84. The van der Waals surface area contributed by atoms with E-state index in [0.29, 0.717) is 37.4 Å². The number of pyridine rings is 1. The van der Waals surface area contributed by atoms with Crippen molar-refractivity contribution < 1.29 is 19.1 Å². The van der Waals surface area contributed by atoms with Gasteiger partial charge in [-0.2, -0.15) is 5.10 Å². The van der Waals surface area contributed by atoms with Crippen molar-refractivity contribution in [2.45, 2.75) is 6.92 Å². The Bertz CT molecular complexity index is 1290. The molecule has 0 bridgehead atoms. The predicted molar refractivity (Wildman–Crippen MR) is 129 cm³/mol.